The normalized spacial score (nSPS) is 9.52. The van der Waals surface area contributed by atoms with Crippen LogP contribution in [0.2, 0.25) is 5.02 Å². The van der Waals surface area contributed by atoms with Gasteiger partial charge in [0, 0.05) is 33.1 Å². The molecule has 0 aliphatic rings. The molecule has 0 fully saturated rings. The third-order valence-corrected chi connectivity index (χ3v) is 3.18. The molecule has 0 spiro atoms. The van der Waals surface area contributed by atoms with Gasteiger partial charge in [-0.1, -0.05) is 11.6 Å². The molecule has 0 saturated heterocycles. The van der Waals surface area contributed by atoms with Crippen molar-refractivity contribution in [1.29, 1.82) is 0 Å². The summed E-state index contributed by atoms with van der Waals surface area (Å²) in [6.45, 7) is 0.295. The van der Waals surface area contributed by atoms with Gasteiger partial charge in [-0.15, -0.1) is 12.4 Å². The Balaban J connectivity index is 0.00000400. The van der Waals surface area contributed by atoms with E-state index in [1.807, 2.05) is 0 Å². The SMILES string of the molecule is CNC(=O)CCN(C)C(=O)c1cc(Cl)c(N)cc1OC.Cl. The highest BCUT2D eigenvalue weighted by Gasteiger charge is 2.19. The van der Waals surface area contributed by atoms with Gasteiger partial charge in [0.25, 0.3) is 5.91 Å². The van der Waals surface area contributed by atoms with Gasteiger partial charge in [0.1, 0.15) is 5.75 Å². The molecule has 1 aromatic rings. The van der Waals surface area contributed by atoms with Crippen LogP contribution in [0.15, 0.2) is 12.1 Å². The predicted molar refractivity (Wildman–Crippen MR) is 85.3 cm³/mol. The Morgan fingerprint density at radius 3 is 2.57 bits per heavy atom. The van der Waals surface area contributed by atoms with E-state index in [1.54, 1.807) is 14.1 Å². The van der Waals surface area contributed by atoms with Crippen LogP contribution in [-0.2, 0) is 4.79 Å². The van der Waals surface area contributed by atoms with E-state index in [9.17, 15) is 9.59 Å². The van der Waals surface area contributed by atoms with Gasteiger partial charge in [-0.25, -0.2) is 0 Å². The minimum absolute atomic E-state index is 0. The number of anilines is 1. The van der Waals surface area contributed by atoms with Crippen molar-refractivity contribution in [3.05, 3.63) is 22.7 Å². The maximum atomic E-state index is 12.3. The van der Waals surface area contributed by atoms with Crippen LogP contribution in [0.4, 0.5) is 5.69 Å². The van der Waals surface area contributed by atoms with Crippen molar-refractivity contribution in [3.63, 3.8) is 0 Å². The van der Waals surface area contributed by atoms with E-state index >= 15 is 0 Å². The number of hydrogen-bond acceptors (Lipinski definition) is 4. The van der Waals surface area contributed by atoms with Crippen LogP contribution < -0.4 is 15.8 Å². The number of methoxy groups -OCH3 is 1. The minimum atomic E-state index is -0.285. The molecule has 0 atom stereocenters. The monoisotopic (exact) mass is 335 g/mol. The van der Waals surface area contributed by atoms with Crippen LogP contribution in [-0.4, -0.2) is 44.5 Å². The summed E-state index contributed by atoms with van der Waals surface area (Å²) in [4.78, 5) is 24.9. The van der Waals surface area contributed by atoms with Gasteiger partial charge in [-0.3, -0.25) is 9.59 Å². The maximum absolute atomic E-state index is 12.3. The molecular weight excluding hydrogens is 317 g/mol. The summed E-state index contributed by atoms with van der Waals surface area (Å²) in [6, 6.07) is 2.97. The first kappa shape index (κ1) is 19.3. The van der Waals surface area contributed by atoms with E-state index in [1.165, 1.54) is 24.1 Å². The summed E-state index contributed by atoms with van der Waals surface area (Å²) in [5.41, 5.74) is 6.32. The number of hydrogen-bond donors (Lipinski definition) is 2. The highest BCUT2D eigenvalue weighted by Crippen LogP contribution is 2.29. The second kappa shape index (κ2) is 8.59. The highest BCUT2D eigenvalue weighted by molar-refractivity contribution is 6.33. The fourth-order valence-corrected chi connectivity index (χ4v) is 1.77. The number of nitrogens with zero attached hydrogens (tertiary/aromatic N) is 1. The van der Waals surface area contributed by atoms with E-state index in [4.69, 9.17) is 22.1 Å². The minimum Gasteiger partial charge on any atom is -0.496 e. The van der Waals surface area contributed by atoms with E-state index in [0.717, 1.165) is 0 Å². The molecule has 0 unspecified atom stereocenters. The van der Waals surface area contributed by atoms with Gasteiger partial charge in [0.05, 0.1) is 23.4 Å². The number of ether oxygens (including phenoxy) is 1. The zero-order valence-electron chi connectivity index (χ0n) is 12.1. The molecule has 0 aliphatic heterocycles. The van der Waals surface area contributed by atoms with E-state index in [2.05, 4.69) is 5.32 Å². The predicted octanol–water partition coefficient (Wildman–Crippen LogP) is 1.56. The van der Waals surface area contributed by atoms with Crippen LogP contribution in [0, 0.1) is 0 Å². The molecule has 0 bridgehead atoms. The molecule has 0 aromatic heterocycles. The molecule has 21 heavy (non-hydrogen) atoms. The third kappa shape index (κ3) is 4.99. The summed E-state index contributed by atoms with van der Waals surface area (Å²) < 4.78 is 5.13. The largest absolute Gasteiger partial charge is 0.496 e. The van der Waals surface area contributed by atoms with E-state index in [-0.39, 0.29) is 35.7 Å². The van der Waals surface area contributed by atoms with Crippen LogP contribution >= 0.6 is 24.0 Å². The van der Waals surface area contributed by atoms with Gasteiger partial charge in [0.15, 0.2) is 0 Å². The average Bonchev–Trinajstić information content (AvgIpc) is 2.45. The first-order valence-electron chi connectivity index (χ1n) is 5.99. The molecule has 0 heterocycles. The van der Waals surface area contributed by atoms with Gasteiger partial charge >= 0.3 is 0 Å². The van der Waals surface area contributed by atoms with Crippen LogP contribution in [0.25, 0.3) is 0 Å². The first-order valence-corrected chi connectivity index (χ1v) is 6.37. The second-order valence-electron chi connectivity index (χ2n) is 4.22. The Morgan fingerprint density at radius 2 is 2.05 bits per heavy atom. The average molecular weight is 336 g/mol. The van der Waals surface area contributed by atoms with E-state index < -0.39 is 0 Å². The summed E-state index contributed by atoms with van der Waals surface area (Å²) in [7, 11) is 4.60. The smallest absolute Gasteiger partial charge is 0.257 e. The Kier molecular flexibility index (Phi) is 7.91. The summed E-state index contributed by atoms with van der Waals surface area (Å²) >= 11 is 5.93. The van der Waals surface area contributed by atoms with Crippen molar-refractivity contribution < 1.29 is 14.3 Å². The number of benzene rings is 1. The molecule has 0 radical (unpaired) electrons. The zero-order valence-corrected chi connectivity index (χ0v) is 13.7. The van der Waals surface area contributed by atoms with Crippen LogP contribution in [0.1, 0.15) is 16.8 Å². The zero-order chi connectivity index (χ0) is 15.3. The number of amides is 2. The molecule has 1 rings (SSSR count). The molecule has 3 N–H and O–H groups in total. The van der Waals surface area contributed by atoms with Crippen molar-refractivity contribution in [3.8, 4) is 5.75 Å². The maximum Gasteiger partial charge on any atom is 0.257 e. The van der Waals surface area contributed by atoms with Crippen molar-refractivity contribution in [2.75, 3.05) is 33.5 Å². The molecular formula is C13H19Cl2N3O3. The van der Waals surface area contributed by atoms with Crippen LogP contribution in [0.5, 0.6) is 5.75 Å². The fraction of sp³-hybridized carbons (Fsp3) is 0.385. The molecule has 8 heteroatoms. The Bertz CT molecular complexity index is 524. The lowest BCUT2D eigenvalue weighted by Crippen LogP contribution is -2.31. The first-order chi connectivity index (χ1) is 9.40. The Hall–Kier alpha value is -1.66. The number of rotatable bonds is 5. The van der Waals surface area contributed by atoms with Crippen molar-refractivity contribution >= 4 is 41.5 Å². The molecule has 118 valence electrons. The lowest BCUT2D eigenvalue weighted by molar-refractivity contribution is -0.120. The number of carbonyl (C=O) groups excluding carboxylic acids is 2. The van der Waals surface area contributed by atoms with Crippen molar-refractivity contribution in [2.45, 2.75) is 6.42 Å². The standard InChI is InChI=1S/C13H18ClN3O3.ClH/c1-16-12(18)4-5-17(2)13(19)8-6-9(14)10(15)7-11(8)20-3;/h6-7H,4-5,15H2,1-3H3,(H,16,18);1H. The topological polar surface area (TPSA) is 84.7 Å². The second-order valence-corrected chi connectivity index (χ2v) is 4.63. The van der Waals surface area contributed by atoms with Gasteiger partial charge in [-0.05, 0) is 6.07 Å². The number of nitrogen functional groups attached to an aromatic ring is 1. The lowest BCUT2D eigenvalue weighted by atomic mass is 10.1. The van der Waals surface area contributed by atoms with Crippen molar-refractivity contribution in [2.24, 2.45) is 0 Å². The lowest BCUT2D eigenvalue weighted by Gasteiger charge is -2.19. The Morgan fingerprint density at radius 1 is 1.43 bits per heavy atom. The van der Waals surface area contributed by atoms with Gasteiger partial charge < -0.3 is 20.7 Å². The summed E-state index contributed by atoms with van der Waals surface area (Å²) in [5.74, 6) is -0.0664. The Labute approximate surface area is 135 Å². The fourth-order valence-electron chi connectivity index (χ4n) is 1.61. The summed E-state index contributed by atoms with van der Waals surface area (Å²) in [6.07, 6.45) is 0.226. The molecule has 6 nitrogen and oxygen atoms in total. The quantitative estimate of drug-likeness (QED) is 0.799. The molecule has 0 saturated carbocycles. The van der Waals surface area contributed by atoms with Gasteiger partial charge in [-0.2, -0.15) is 0 Å². The number of nitrogens with one attached hydrogen (secondary N) is 1. The molecule has 2 amide bonds. The number of halogens is 2. The van der Waals surface area contributed by atoms with Crippen molar-refractivity contribution in [1.82, 2.24) is 10.2 Å². The van der Waals surface area contributed by atoms with Gasteiger partial charge in [0.2, 0.25) is 5.91 Å². The number of nitrogens with two attached hydrogens (primary N) is 1. The molecule has 1 aromatic carbocycles. The summed E-state index contributed by atoms with van der Waals surface area (Å²) in [5, 5.41) is 2.78. The highest BCUT2D eigenvalue weighted by atomic mass is 35.5. The third-order valence-electron chi connectivity index (χ3n) is 2.85. The van der Waals surface area contributed by atoms with E-state index in [0.29, 0.717) is 23.5 Å². The number of carbonyl (C=O) groups is 2. The van der Waals surface area contributed by atoms with Crippen LogP contribution in [0.3, 0.4) is 0 Å². The molecule has 0 aliphatic carbocycles.